The van der Waals surface area contributed by atoms with Crippen molar-refractivity contribution in [1.29, 1.82) is 5.26 Å². The molecule has 3 saturated carbocycles. The van der Waals surface area contributed by atoms with E-state index in [-0.39, 0.29) is 11.3 Å². The number of nitrogens with zero attached hydrogens (tertiary/aromatic N) is 1. The molecule has 0 saturated heterocycles. The highest BCUT2D eigenvalue weighted by Gasteiger charge is 2.60. The number of rotatable bonds is 2. The highest BCUT2D eigenvalue weighted by Crippen LogP contribution is 2.66. The molecule has 0 radical (unpaired) electrons. The quantitative estimate of drug-likeness (QED) is 0.807. The molecule has 7 unspecified atom stereocenters. The summed E-state index contributed by atoms with van der Waals surface area (Å²) in [5, 5.41) is 12.4. The van der Waals surface area contributed by atoms with Crippen LogP contribution in [0.3, 0.4) is 0 Å². The molecule has 3 aliphatic carbocycles. The van der Waals surface area contributed by atoms with Crippen molar-refractivity contribution in [3.63, 3.8) is 0 Å². The monoisotopic (exact) mass is 340 g/mol. The van der Waals surface area contributed by atoms with Gasteiger partial charge in [-0.2, -0.15) is 5.26 Å². The van der Waals surface area contributed by atoms with Crippen molar-refractivity contribution in [2.75, 3.05) is 0 Å². The van der Waals surface area contributed by atoms with E-state index in [4.69, 9.17) is 5.26 Å². The van der Waals surface area contributed by atoms with Crippen LogP contribution in [0, 0.1) is 51.8 Å². The molecule has 1 N–H and O–H groups in total. The van der Waals surface area contributed by atoms with E-state index in [1.54, 1.807) is 6.08 Å². The summed E-state index contributed by atoms with van der Waals surface area (Å²) in [6.45, 7) is 7.22. The molecule has 0 aromatic heterocycles. The Hall–Kier alpha value is -1.30. The van der Waals surface area contributed by atoms with Gasteiger partial charge in [-0.1, -0.05) is 26.8 Å². The minimum Gasteiger partial charge on any atom is -0.349 e. The summed E-state index contributed by atoms with van der Waals surface area (Å²) in [6.07, 6.45) is 12.3. The maximum Gasteiger partial charge on any atom is 0.243 e. The van der Waals surface area contributed by atoms with Crippen LogP contribution in [0.15, 0.2) is 12.2 Å². The van der Waals surface area contributed by atoms with Crippen molar-refractivity contribution in [3.05, 3.63) is 12.2 Å². The molecule has 4 rings (SSSR count). The zero-order valence-electron chi connectivity index (χ0n) is 15.9. The van der Waals surface area contributed by atoms with Crippen LogP contribution in [0.1, 0.15) is 65.7 Å². The zero-order chi connectivity index (χ0) is 17.8. The maximum atomic E-state index is 11.8. The molecular formula is C22H32N2O. The first-order valence-electron chi connectivity index (χ1n) is 10.3. The molecule has 4 aliphatic rings. The molecule has 25 heavy (non-hydrogen) atoms. The normalized spacial score (nSPS) is 49.4. The molecule has 0 spiro atoms. The lowest BCUT2D eigenvalue weighted by Crippen LogP contribution is -2.59. The second-order valence-electron chi connectivity index (χ2n) is 9.78. The average molecular weight is 341 g/mol. The van der Waals surface area contributed by atoms with Crippen LogP contribution in [-0.2, 0) is 4.79 Å². The summed E-state index contributed by atoms with van der Waals surface area (Å²) in [5.41, 5.74) is 0.552. The summed E-state index contributed by atoms with van der Waals surface area (Å²) >= 11 is 0. The second kappa shape index (κ2) is 5.86. The van der Waals surface area contributed by atoms with Gasteiger partial charge >= 0.3 is 0 Å². The first-order valence-corrected chi connectivity index (χ1v) is 10.3. The van der Waals surface area contributed by atoms with Gasteiger partial charge < -0.3 is 5.32 Å². The molecular weight excluding hydrogens is 308 g/mol. The Balaban J connectivity index is 1.61. The Bertz CT molecular complexity index is 634. The standard InChI is InChI=1S/C22H32N2O/c1-14(10-13-23)16-5-6-17-15-4-7-19-22(3,12-9-20(25)24-19)18(15)8-11-21(16,17)2/h9,12,14-19H,4-8,10-11H2,1-3H3,(H,24,25)/t14?,15?,16?,17?,18?,19-,21?,22?/m1/s1. The average Bonchev–Trinajstić information content (AvgIpc) is 2.93. The molecule has 0 aromatic rings. The molecule has 1 aliphatic heterocycles. The van der Waals surface area contributed by atoms with Crippen molar-refractivity contribution < 1.29 is 4.79 Å². The fourth-order valence-electron chi connectivity index (χ4n) is 7.59. The van der Waals surface area contributed by atoms with Gasteiger partial charge in [0.15, 0.2) is 0 Å². The van der Waals surface area contributed by atoms with Gasteiger partial charge in [-0.15, -0.1) is 0 Å². The molecule has 3 nitrogen and oxygen atoms in total. The molecule has 136 valence electrons. The van der Waals surface area contributed by atoms with Gasteiger partial charge in [0.05, 0.1) is 6.07 Å². The van der Waals surface area contributed by atoms with E-state index < -0.39 is 0 Å². The van der Waals surface area contributed by atoms with Crippen LogP contribution < -0.4 is 5.32 Å². The zero-order valence-corrected chi connectivity index (χ0v) is 15.9. The number of carbonyl (C=O) groups excluding carboxylic acids is 1. The van der Waals surface area contributed by atoms with Gasteiger partial charge in [0.25, 0.3) is 0 Å². The highest BCUT2D eigenvalue weighted by molar-refractivity contribution is 5.89. The number of hydrogen-bond acceptors (Lipinski definition) is 2. The van der Waals surface area contributed by atoms with Crippen LogP contribution in [0.25, 0.3) is 0 Å². The van der Waals surface area contributed by atoms with E-state index >= 15 is 0 Å². The summed E-state index contributed by atoms with van der Waals surface area (Å²) < 4.78 is 0. The van der Waals surface area contributed by atoms with E-state index in [9.17, 15) is 4.79 Å². The number of nitriles is 1. The third kappa shape index (κ3) is 2.40. The van der Waals surface area contributed by atoms with Crippen molar-refractivity contribution >= 4 is 5.91 Å². The Morgan fingerprint density at radius 1 is 1.24 bits per heavy atom. The van der Waals surface area contributed by atoms with Crippen molar-refractivity contribution in [2.45, 2.75) is 71.8 Å². The summed E-state index contributed by atoms with van der Waals surface area (Å²) in [6, 6.07) is 2.74. The highest BCUT2D eigenvalue weighted by atomic mass is 16.1. The summed E-state index contributed by atoms with van der Waals surface area (Å²) in [5.74, 6) is 3.63. The Morgan fingerprint density at radius 3 is 2.80 bits per heavy atom. The van der Waals surface area contributed by atoms with Crippen LogP contribution in [-0.4, -0.2) is 11.9 Å². The van der Waals surface area contributed by atoms with E-state index in [0.29, 0.717) is 35.6 Å². The molecule has 8 atom stereocenters. The van der Waals surface area contributed by atoms with Crippen LogP contribution in [0.4, 0.5) is 0 Å². The minimum absolute atomic E-state index is 0.0906. The topological polar surface area (TPSA) is 52.9 Å². The van der Waals surface area contributed by atoms with E-state index in [1.807, 2.05) is 0 Å². The van der Waals surface area contributed by atoms with Crippen LogP contribution in [0.5, 0.6) is 0 Å². The van der Waals surface area contributed by atoms with Crippen molar-refractivity contribution in [3.8, 4) is 6.07 Å². The fraction of sp³-hybridized carbons (Fsp3) is 0.818. The number of hydrogen-bond donors (Lipinski definition) is 1. The van der Waals surface area contributed by atoms with E-state index in [0.717, 1.165) is 18.3 Å². The third-order valence-corrected chi connectivity index (χ3v) is 8.86. The lowest BCUT2D eigenvalue weighted by atomic mass is 9.47. The predicted molar refractivity (Wildman–Crippen MR) is 98.3 cm³/mol. The summed E-state index contributed by atoms with van der Waals surface area (Å²) in [7, 11) is 0. The first-order chi connectivity index (χ1) is 11.9. The number of fused-ring (bicyclic) bond motifs is 5. The first kappa shape index (κ1) is 17.1. The van der Waals surface area contributed by atoms with Crippen LogP contribution >= 0.6 is 0 Å². The molecule has 3 heteroatoms. The van der Waals surface area contributed by atoms with Gasteiger partial charge in [0.1, 0.15) is 0 Å². The lowest BCUT2D eigenvalue weighted by Gasteiger charge is -2.59. The fourth-order valence-corrected chi connectivity index (χ4v) is 7.59. The predicted octanol–water partition coefficient (Wildman–Crippen LogP) is 4.45. The summed E-state index contributed by atoms with van der Waals surface area (Å²) in [4.78, 5) is 11.8. The van der Waals surface area contributed by atoms with E-state index in [2.05, 4.69) is 38.2 Å². The maximum absolute atomic E-state index is 11.8. The van der Waals surface area contributed by atoms with Crippen LogP contribution in [0.2, 0.25) is 0 Å². The smallest absolute Gasteiger partial charge is 0.243 e. The Labute approximate surface area is 152 Å². The Morgan fingerprint density at radius 2 is 2.04 bits per heavy atom. The van der Waals surface area contributed by atoms with Gasteiger partial charge in [0.2, 0.25) is 5.91 Å². The van der Waals surface area contributed by atoms with E-state index in [1.165, 1.54) is 32.1 Å². The van der Waals surface area contributed by atoms with Gasteiger partial charge in [-0.05, 0) is 79.6 Å². The second-order valence-corrected chi connectivity index (χ2v) is 9.78. The number of carbonyl (C=O) groups is 1. The van der Waals surface area contributed by atoms with Crippen molar-refractivity contribution in [2.24, 2.45) is 40.4 Å². The number of nitrogens with one attached hydrogen (secondary N) is 1. The SMILES string of the molecule is CC(CC#N)C1CCC2C3CC[C@H]4NC(=O)C=CC4(C)C3CCC12C. The van der Waals surface area contributed by atoms with Crippen molar-refractivity contribution in [1.82, 2.24) is 5.32 Å². The molecule has 1 heterocycles. The molecule has 1 amide bonds. The minimum atomic E-state index is 0.0906. The third-order valence-electron chi connectivity index (χ3n) is 8.86. The molecule has 0 bridgehead atoms. The lowest BCUT2D eigenvalue weighted by molar-refractivity contribution is -0.122. The Kier molecular flexibility index (Phi) is 4.02. The van der Waals surface area contributed by atoms with Gasteiger partial charge in [-0.3, -0.25) is 4.79 Å². The number of amides is 1. The molecule has 0 aromatic carbocycles. The van der Waals surface area contributed by atoms with Gasteiger partial charge in [0, 0.05) is 17.9 Å². The molecule has 3 fully saturated rings. The largest absolute Gasteiger partial charge is 0.349 e. The van der Waals surface area contributed by atoms with Gasteiger partial charge in [-0.25, -0.2) is 0 Å².